The van der Waals surface area contributed by atoms with E-state index in [2.05, 4.69) is 0 Å². The molecule has 2 aliphatic rings. The second-order valence-electron chi connectivity index (χ2n) is 8.24. The molecule has 0 aromatic rings. The van der Waals surface area contributed by atoms with E-state index in [0.717, 1.165) is 0 Å². The zero-order valence-electron chi connectivity index (χ0n) is 15.4. The third-order valence-electron chi connectivity index (χ3n) is 5.20. The van der Waals surface area contributed by atoms with E-state index in [1.807, 2.05) is 0 Å². The number of piperidine rings is 1. The fourth-order valence-corrected chi connectivity index (χ4v) is 6.30. The van der Waals surface area contributed by atoms with Gasteiger partial charge in [-0.05, 0) is 46.5 Å². The molecule has 0 aromatic heterocycles. The van der Waals surface area contributed by atoms with Gasteiger partial charge in [-0.2, -0.15) is 0 Å². The summed E-state index contributed by atoms with van der Waals surface area (Å²) < 4.78 is 58.9. The lowest BCUT2D eigenvalue weighted by molar-refractivity contribution is -0.0766. The summed E-state index contributed by atoms with van der Waals surface area (Å²) in [6.07, 6.45) is 0.383. The van der Waals surface area contributed by atoms with Crippen molar-refractivity contribution in [3.63, 3.8) is 0 Å². The molecule has 2 fully saturated rings. The Morgan fingerprint density at radius 3 is 2.24 bits per heavy atom. The van der Waals surface area contributed by atoms with Crippen LogP contribution in [0.1, 0.15) is 59.8 Å². The number of carbonyl (C=O) groups is 1. The van der Waals surface area contributed by atoms with Crippen molar-refractivity contribution in [3.05, 3.63) is 0 Å². The minimum absolute atomic E-state index is 0.234. The van der Waals surface area contributed by atoms with E-state index >= 15 is 0 Å². The maximum Gasteiger partial charge on any atom is 0.410 e. The summed E-state index contributed by atoms with van der Waals surface area (Å²) in [6, 6.07) is 0. The van der Waals surface area contributed by atoms with Gasteiger partial charge in [0.1, 0.15) is 5.60 Å². The molecule has 1 heterocycles. The minimum Gasteiger partial charge on any atom is -0.444 e. The average molecular weight is 381 g/mol. The molecular formula is C17H29F2NO4S. The molecule has 1 aliphatic carbocycles. The number of amides is 1. The molecule has 2 rings (SSSR count). The Morgan fingerprint density at radius 2 is 1.72 bits per heavy atom. The van der Waals surface area contributed by atoms with Gasteiger partial charge in [-0.1, -0.05) is 6.92 Å². The number of nitrogens with zero attached hydrogens (tertiary/aromatic N) is 1. The molecule has 2 atom stereocenters. The van der Waals surface area contributed by atoms with Gasteiger partial charge in [0.05, 0.1) is 10.5 Å². The highest BCUT2D eigenvalue weighted by atomic mass is 32.2. The molecule has 5 nitrogen and oxygen atoms in total. The van der Waals surface area contributed by atoms with Crippen molar-refractivity contribution in [1.82, 2.24) is 4.90 Å². The molecule has 1 amide bonds. The highest BCUT2D eigenvalue weighted by Gasteiger charge is 2.50. The molecule has 0 spiro atoms. The van der Waals surface area contributed by atoms with Gasteiger partial charge in [-0.3, -0.25) is 0 Å². The third-order valence-corrected chi connectivity index (χ3v) is 8.09. The van der Waals surface area contributed by atoms with Crippen LogP contribution in [0, 0.1) is 5.92 Å². The van der Waals surface area contributed by atoms with Gasteiger partial charge < -0.3 is 9.64 Å². The van der Waals surface area contributed by atoms with Crippen LogP contribution in [0.3, 0.4) is 0 Å². The van der Waals surface area contributed by atoms with E-state index < -0.39 is 43.9 Å². The van der Waals surface area contributed by atoms with Crippen molar-refractivity contribution in [2.75, 3.05) is 13.1 Å². The molecule has 0 radical (unpaired) electrons. The fourth-order valence-electron chi connectivity index (χ4n) is 3.68. The van der Waals surface area contributed by atoms with Crippen molar-refractivity contribution >= 4 is 15.9 Å². The van der Waals surface area contributed by atoms with Crippen LogP contribution in [0.2, 0.25) is 0 Å². The Bertz CT molecular complexity index is 592. The summed E-state index contributed by atoms with van der Waals surface area (Å²) in [6.45, 7) is 7.20. The predicted molar refractivity (Wildman–Crippen MR) is 91.5 cm³/mol. The smallest absolute Gasteiger partial charge is 0.410 e. The standard InChI is InChI=1S/C17H29F2NO4S/c1-12-14(6-5-9-17(12,18)19)25(22,23)13-7-10-20(11-8-13)15(21)24-16(2,3)4/h12-14H,5-11H2,1-4H3/t12-,14+/m1/s1. The highest BCUT2D eigenvalue weighted by molar-refractivity contribution is 7.92. The first-order valence-electron chi connectivity index (χ1n) is 8.93. The van der Waals surface area contributed by atoms with Gasteiger partial charge >= 0.3 is 6.09 Å². The van der Waals surface area contributed by atoms with Gasteiger partial charge in [0.15, 0.2) is 9.84 Å². The van der Waals surface area contributed by atoms with Gasteiger partial charge in [-0.15, -0.1) is 0 Å². The molecular weight excluding hydrogens is 352 g/mol. The lowest BCUT2D eigenvalue weighted by Gasteiger charge is -2.39. The van der Waals surface area contributed by atoms with Crippen LogP contribution >= 0.6 is 0 Å². The van der Waals surface area contributed by atoms with E-state index in [0.29, 0.717) is 6.42 Å². The van der Waals surface area contributed by atoms with Gasteiger partial charge in [-0.25, -0.2) is 22.0 Å². The second-order valence-corrected chi connectivity index (χ2v) is 10.7. The Balaban J connectivity index is 2.01. The molecule has 0 N–H and O–H groups in total. The number of likely N-dealkylation sites (tertiary alicyclic amines) is 1. The summed E-state index contributed by atoms with van der Waals surface area (Å²) in [5, 5.41) is -1.65. The van der Waals surface area contributed by atoms with E-state index in [1.54, 1.807) is 20.8 Å². The molecule has 25 heavy (non-hydrogen) atoms. The number of sulfone groups is 1. The van der Waals surface area contributed by atoms with Crippen LogP contribution < -0.4 is 0 Å². The molecule has 1 aliphatic heterocycles. The fraction of sp³-hybridized carbons (Fsp3) is 0.941. The first-order valence-corrected chi connectivity index (χ1v) is 10.5. The summed E-state index contributed by atoms with van der Waals surface area (Å²) in [5.41, 5.74) is -0.608. The summed E-state index contributed by atoms with van der Waals surface area (Å²) in [7, 11) is -3.65. The summed E-state index contributed by atoms with van der Waals surface area (Å²) in [4.78, 5) is 13.6. The van der Waals surface area contributed by atoms with E-state index in [-0.39, 0.29) is 38.8 Å². The van der Waals surface area contributed by atoms with Crippen LogP contribution in [0.15, 0.2) is 0 Å². The maximum atomic E-state index is 13.9. The first-order chi connectivity index (χ1) is 11.3. The molecule has 146 valence electrons. The number of halogens is 2. The van der Waals surface area contributed by atoms with Crippen LogP contribution in [-0.4, -0.2) is 54.5 Å². The van der Waals surface area contributed by atoms with Crippen LogP contribution in [0.4, 0.5) is 13.6 Å². The van der Waals surface area contributed by atoms with Gasteiger partial charge in [0.25, 0.3) is 5.92 Å². The Morgan fingerprint density at radius 1 is 1.16 bits per heavy atom. The molecule has 0 unspecified atom stereocenters. The molecule has 1 saturated heterocycles. The lowest BCUT2D eigenvalue weighted by Crippen LogP contribution is -2.50. The van der Waals surface area contributed by atoms with Gasteiger partial charge in [0.2, 0.25) is 0 Å². The number of hydrogen-bond donors (Lipinski definition) is 0. The normalized spacial score (nSPS) is 28.6. The summed E-state index contributed by atoms with van der Waals surface area (Å²) >= 11 is 0. The maximum absolute atomic E-state index is 13.9. The van der Waals surface area contributed by atoms with Crippen LogP contribution in [0.25, 0.3) is 0 Å². The van der Waals surface area contributed by atoms with Crippen molar-refractivity contribution in [2.24, 2.45) is 5.92 Å². The number of hydrogen-bond acceptors (Lipinski definition) is 4. The number of rotatable bonds is 2. The largest absolute Gasteiger partial charge is 0.444 e. The zero-order valence-corrected chi connectivity index (χ0v) is 16.2. The quantitative estimate of drug-likeness (QED) is 0.733. The Hall–Kier alpha value is -0.920. The van der Waals surface area contributed by atoms with Crippen molar-refractivity contribution in [2.45, 2.75) is 81.8 Å². The van der Waals surface area contributed by atoms with Crippen molar-refractivity contribution in [1.29, 1.82) is 0 Å². The molecule has 8 heteroatoms. The lowest BCUT2D eigenvalue weighted by atomic mass is 9.86. The number of ether oxygens (including phenoxy) is 1. The monoisotopic (exact) mass is 381 g/mol. The topological polar surface area (TPSA) is 63.7 Å². The highest BCUT2D eigenvalue weighted by Crippen LogP contribution is 2.42. The minimum atomic E-state index is -3.65. The van der Waals surface area contributed by atoms with Crippen LogP contribution in [0.5, 0.6) is 0 Å². The van der Waals surface area contributed by atoms with E-state index in [4.69, 9.17) is 4.74 Å². The predicted octanol–water partition coefficient (Wildman–Crippen LogP) is 3.62. The van der Waals surface area contributed by atoms with Crippen molar-refractivity contribution < 1.29 is 26.7 Å². The van der Waals surface area contributed by atoms with Crippen LogP contribution in [-0.2, 0) is 14.6 Å². The molecule has 1 saturated carbocycles. The second kappa shape index (κ2) is 7.00. The third kappa shape index (κ3) is 4.63. The van der Waals surface area contributed by atoms with Crippen molar-refractivity contribution in [3.8, 4) is 0 Å². The number of carbonyl (C=O) groups excluding carboxylic acids is 1. The molecule has 0 aromatic carbocycles. The number of alkyl halides is 2. The summed E-state index contributed by atoms with van der Waals surface area (Å²) in [5.74, 6) is -4.08. The van der Waals surface area contributed by atoms with E-state index in [9.17, 15) is 22.0 Å². The SMILES string of the molecule is C[C@@H]1[C@@H](S(=O)(=O)C2CCN(C(=O)OC(C)(C)C)CC2)CCCC1(F)F. The van der Waals surface area contributed by atoms with E-state index in [1.165, 1.54) is 11.8 Å². The van der Waals surface area contributed by atoms with Gasteiger partial charge in [0, 0.05) is 25.4 Å². The molecule has 0 bridgehead atoms. The Kier molecular flexibility index (Phi) is 5.71. The Labute approximate surface area is 149 Å². The zero-order chi connectivity index (χ0) is 19.0. The first kappa shape index (κ1) is 20.4. The average Bonchev–Trinajstić information content (AvgIpc) is 2.48.